The molecule has 21 heavy (non-hydrogen) atoms. The Balaban J connectivity index is 1.79. The fraction of sp³-hybridized carbons (Fsp3) is 0.294. The molecule has 1 atom stereocenters. The van der Waals surface area contributed by atoms with Gasteiger partial charge in [0, 0.05) is 12.4 Å². The molecular formula is C17H20BN2O. The predicted molar refractivity (Wildman–Crippen MR) is 86.8 cm³/mol. The summed E-state index contributed by atoms with van der Waals surface area (Å²) in [5.41, 5.74) is 4.15. The zero-order valence-electron chi connectivity index (χ0n) is 12.6. The first-order valence-corrected chi connectivity index (χ1v) is 7.11. The van der Waals surface area contributed by atoms with E-state index < -0.39 is 0 Å². The van der Waals surface area contributed by atoms with Crippen LogP contribution in [0.1, 0.15) is 18.2 Å². The van der Waals surface area contributed by atoms with E-state index in [0.29, 0.717) is 6.61 Å². The van der Waals surface area contributed by atoms with E-state index in [9.17, 15) is 0 Å². The Morgan fingerprint density at radius 2 is 2.05 bits per heavy atom. The highest BCUT2D eigenvalue weighted by molar-refractivity contribution is 6.53. The summed E-state index contributed by atoms with van der Waals surface area (Å²) in [5, 5.41) is 0. The van der Waals surface area contributed by atoms with Crippen molar-refractivity contribution in [3.63, 3.8) is 0 Å². The Kier molecular flexibility index (Phi) is 5.70. The standard InChI is InChI=1S/C17H20BN2O/c1-13-7-6-10-20-17(13)18-11-14(2)15(3)21-12-16-8-4-5-9-19-16/h4-10,15H,2,11-12H2,1,3H3. The van der Waals surface area contributed by atoms with Crippen molar-refractivity contribution in [3.8, 4) is 0 Å². The third-order valence-corrected chi connectivity index (χ3v) is 3.39. The quantitative estimate of drug-likeness (QED) is 0.577. The highest BCUT2D eigenvalue weighted by atomic mass is 16.5. The van der Waals surface area contributed by atoms with Gasteiger partial charge in [0.2, 0.25) is 0 Å². The maximum absolute atomic E-state index is 5.81. The topological polar surface area (TPSA) is 35.0 Å². The molecule has 0 aromatic carbocycles. The zero-order chi connectivity index (χ0) is 15.1. The molecule has 4 heteroatoms. The fourth-order valence-electron chi connectivity index (χ4n) is 1.92. The van der Waals surface area contributed by atoms with Gasteiger partial charge in [0.15, 0.2) is 7.28 Å². The smallest absolute Gasteiger partial charge is 0.182 e. The lowest BCUT2D eigenvalue weighted by Gasteiger charge is -2.15. The van der Waals surface area contributed by atoms with Crippen molar-refractivity contribution in [1.82, 2.24) is 9.97 Å². The molecule has 0 fully saturated rings. The summed E-state index contributed by atoms with van der Waals surface area (Å²) in [5.74, 6) is 0. The van der Waals surface area contributed by atoms with Crippen LogP contribution in [-0.2, 0) is 11.3 Å². The van der Waals surface area contributed by atoms with Crippen LogP contribution in [0.5, 0.6) is 0 Å². The van der Waals surface area contributed by atoms with Crippen LogP contribution >= 0.6 is 0 Å². The molecule has 2 heterocycles. The molecule has 0 saturated carbocycles. The third kappa shape index (κ3) is 4.83. The molecule has 0 aliphatic heterocycles. The van der Waals surface area contributed by atoms with Crippen molar-refractivity contribution in [1.29, 1.82) is 0 Å². The molecule has 0 aliphatic rings. The predicted octanol–water partition coefficient (Wildman–Crippen LogP) is 2.69. The van der Waals surface area contributed by atoms with E-state index in [1.54, 1.807) is 6.20 Å². The van der Waals surface area contributed by atoms with Crippen LogP contribution in [-0.4, -0.2) is 23.4 Å². The average Bonchev–Trinajstić information content (AvgIpc) is 2.52. The average molecular weight is 279 g/mol. The first-order valence-electron chi connectivity index (χ1n) is 7.11. The van der Waals surface area contributed by atoms with Gasteiger partial charge in [-0.3, -0.25) is 9.97 Å². The van der Waals surface area contributed by atoms with E-state index in [1.807, 2.05) is 37.4 Å². The number of rotatable bonds is 7. The first kappa shape index (κ1) is 15.5. The van der Waals surface area contributed by atoms with Crippen molar-refractivity contribution in [3.05, 3.63) is 66.1 Å². The van der Waals surface area contributed by atoms with Crippen molar-refractivity contribution in [2.45, 2.75) is 32.9 Å². The molecule has 0 N–H and O–H groups in total. The van der Waals surface area contributed by atoms with Gasteiger partial charge in [-0.1, -0.05) is 30.6 Å². The molecular weight excluding hydrogens is 259 g/mol. The molecule has 1 radical (unpaired) electrons. The van der Waals surface area contributed by atoms with Crippen LogP contribution in [0, 0.1) is 6.92 Å². The SMILES string of the molecule is C=C(C[B]c1ncccc1C)C(C)OCc1ccccn1. The number of pyridine rings is 2. The third-order valence-electron chi connectivity index (χ3n) is 3.39. The largest absolute Gasteiger partial charge is 0.368 e. The van der Waals surface area contributed by atoms with Gasteiger partial charge in [0.25, 0.3) is 0 Å². The molecule has 0 saturated heterocycles. The van der Waals surface area contributed by atoms with Crippen LogP contribution in [0.2, 0.25) is 6.32 Å². The highest BCUT2D eigenvalue weighted by Crippen LogP contribution is 2.11. The van der Waals surface area contributed by atoms with Crippen molar-refractivity contribution < 1.29 is 4.74 Å². The van der Waals surface area contributed by atoms with Crippen LogP contribution in [0.15, 0.2) is 54.9 Å². The first-order chi connectivity index (χ1) is 10.2. The molecule has 1 unspecified atom stereocenters. The Bertz CT molecular complexity index is 586. The van der Waals surface area contributed by atoms with E-state index in [0.717, 1.165) is 23.2 Å². The summed E-state index contributed by atoms with van der Waals surface area (Å²) in [6.45, 7) is 8.69. The highest BCUT2D eigenvalue weighted by Gasteiger charge is 2.10. The van der Waals surface area contributed by atoms with Crippen LogP contribution < -0.4 is 5.59 Å². The summed E-state index contributed by atoms with van der Waals surface area (Å²) in [4.78, 5) is 8.60. The normalized spacial score (nSPS) is 11.9. The van der Waals surface area contributed by atoms with Gasteiger partial charge in [-0.25, -0.2) is 0 Å². The second-order valence-electron chi connectivity index (χ2n) is 5.05. The van der Waals surface area contributed by atoms with Gasteiger partial charge in [-0.15, -0.1) is 0 Å². The lowest BCUT2D eigenvalue weighted by atomic mass is 9.66. The van der Waals surface area contributed by atoms with Crippen molar-refractivity contribution in [2.24, 2.45) is 0 Å². The maximum atomic E-state index is 5.81. The van der Waals surface area contributed by atoms with Crippen LogP contribution in [0.3, 0.4) is 0 Å². The number of aryl methyl sites for hydroxylation is 1. The van der Waals surface area contributed by atoms with E-state index in [1.165, 1.54) is 5.56 Å². The molecule has 2 rings (SSSR count). The minimum atomic E-state index is -0.00715. The van der Waals surface area contributed by atoms with Gasteiger partial charge in [0.05, 0.1) is 18.4 Å². The van der Waals surface area contributed by atoms with E-state index >= 15 is 0 Å². The Hall–Kier alpha value is -1.94. The van der Waals surface area contributed by atoms with E-state index in [2.05, 4.69) is 36.8 Å². The number of nitrogens with zero attached hydrogens (tertiary/aromatic N) is 2. The maximum Gasteiger partial charge on any atom is 0.182 e. The van der Waals surface area contributed by atoms with Crippen LogP contribution in [0.4, 0.5) is 0 Å². The summed E-state index contributed by atoms with van der Waals surface area (Å²) < 4.78 is 5.81. The monoisotopic (exact) mass is 279 g/mol. The minimum absolute atomic E-state index is 0.00715. The van der Waals surface area contributed by atoms with Gasteiger partial charge >= 0.3 is 0 Å². The Morgan fingerprint density at radius 1 is 1.24 bits per heavy atom. The van der Waals surface area contributed by atoms with E-state index in [-0.39, 0.29) is 6.10 Å². The summed E-state index contributed by atoms with van der Waals surface area (Å²) in [6, 6.07) is 9.82. The Morgan fingerprint density at radius 3 is 2.76 bits per heavy atom. The second-order valence-corrected chi connectivity index (χ2v) is 5.05. The second kappa shape index (κ2) is 7.74. The molecule has 0 aliphatic carbocycles. The zero-order valence-corrected chi connectivity index (χ0v) is 12.6. The summed E-state index contributed by atoms with van der Waals surface area (Å²) in [6.07, 6.45) is 4.34. The number of hydrogen-bond acceptors (Lipinski definition) is 3. The molecule has 2 aromatic heterocycles. The fourth-order valence-corrected chi connectivity index (χ4v) is 1.92. The van der Waals surface area contributed by atoms with Gasteiger partial charge < -0.3 is 4.74 Å². The van der Waals surface area contributed by atoms with Crippen LogP contribution in [0.25, 0.3) is 0 Å². The number of hydrogen-bond donors (Lipinski definition) is 0. The van der Waals surface area contributed by atoms with Gasteiger partial charge in [-0.05, 0) is 43.2 Å². The molecule has 107 valence electrons. The van der Waals surface area contributed by atoms with Gasteiger partial charge in [-0.2, -0.15) is 0 Å². The van der Waals surface area contributed by atoms with Crippen molar-refractivity contribution in [2.75, 3.05) is 0 Å². The number of ether oxygens (including phenoxy) is 1. The molecule has 0 bridgehead atoms. The molecule has 0 amide bonds. The lowest BCUT2D eigenvalue weighted by molar-refractivity contribution is 0.0747. The molecule has 0 spiro atoms. The summed E-state index contributed by atoms with van der Waals surface area (Å²) in [7, 11) is 2.10. The van der Waals surface area contributed by atoms with Gasteiger partial charge in [0.1, 0.15) is 0 Å². The van der Waals surface area contributed by atoms with Crippen molar-refractivity contribution >= 4 is 12.9 Å². The summed E-state index contributed by atoms with van der Waals surface area (Å²) >= 11 is 0. The Labute approximate surface area is 127 Å². The number of aromatic nitrogens is 2. The molecule has 3 nitrogen and oxygen atoms in total. The van der Waals surface area contributed by atoms with E-state index in [4.69, 9.17) is 4.74 Å². The minimum Gasteiger partial charge on any atom is -0.368 e. The molecule has 2 aromatic rings. The lowest BCUT2D eigenvalue weighted by Crippen LogP contribution is -2.23.